The number of benzene rings is 1. The first kappa shape index (κ1) is 15.0. The van der Waals surface area contributed by atoms with Gasteiger partial charge in [-0.2, -0.15) is 0 Å². The predicted molar refractivity (Wildman–Crippen MR) is 72.8 cm³/mol. The molecule has 2 amide bonds. The number of carbonyl (C=O) groups is 2. The first-order valence-corrected chi connectivity index (χ1v) is 6.26. The fourth-order valence-corrected chi connectivity index (χ4v) is 1.42. The molecule has 0 saturated carbocycles. The van der Waals surface area contributed by atoms with E-state index in [1.165, 1.54) is 0 Å². The summed E-state index contributed by atoms with van der Waals surface area (Å²) in [6.07, 6.45) is 0. The van der Waals surface area contributed by atoms with Gasteiger partial charge in [0.05, 0.1) is 0 Å². The van der Waals surface area contributed by atoms with Gasteiger partial charge in [0.2, 0.25) is 5.91 Å². The maximum absolute atomic E-state index is 11.6. The summed E-state index contributed by atoms with van der Waals surface area (Å²) in [5.41, 5.74) is 0. The Morgan fingerprint density at radius 3 is 2.32 bits per heavy atom. The summed E-state index contributed by atoms with van der Waals surface area (Å²) in [7, 11) is 0. The number of hydrogen-bond donors (Lipinski definition) is 2. The van der Waals surface area contributed by atoms with E-state index >= 15 is 0 Å². The predicted octanol–water partition coefficient (Wildman–Crippen LogP) is 1.09. The highest BCUT2D eigenvalue weighted by Crippen LogP contribution is 2.07. The van der Waals surface area contributed by atoms with Gasteiger partial charge < -0.3 is 15.4 Å². The molecule has 0 bridgehead atoms. The van der Waals surface area contributed by atoms with Crippen LogP contribution in [0.15, 0.2) is 30.3 Å². The van der Waals surface area contributed by atoms with Gasteiger partial charge in [0, 0.05) is 6.04 Å². The van der Waals surface area contributed by atoms with Crippen LogP contribution in [0.25, 0.3) is 0 Å². The molecule has 1 atom stereocenters. The first-order chi connectivity index (χ1) is 8.99. The van der Waals surface area contributed by atoms with Crippen LogP contribution in [-0.4, -0.2) is 30.5 Å². The molecule has 19 heavy (non-hydrogen) atoms. The minimum Gasteiger partial charge on any atom is -0.484 e. The number of hydrogen-bond acceptors (Lipinski definition) is 3. The standard InChI is InChI=1S/C14H20N2O3/c1-10(2)15-14(18)11(3)16-13(17)9-19-12-7-5-4-6-8-12/h4-8,10-11H,9H2,1-3H3,(H,15,18)(H,16,17). The summed E-state index contributed by atoms with van der Waals surface area (Å²) in [4.78, 5) is 23.2. The summed E-state index contributed by atoms with van der Waals surface area (Å²) in [6, 6.07) is 8.52. The third kappa shape index (κ3) is 5.90. The van der Waals surface area contributed by atoms with E-state index in [0.29, 0.717) is 5.75 Å². The normalized spacial score (nSPS) is 11.8. The second kappa shape index (κ2) is 7.41. The molecule has 0 aliphatic heterocycles. The Balaban J connectivity index is 2.33. The van der Waals surface area contributed by atoms with E-state index in [1.807, 2.05) is 32.0 Å². The van der Waals surface area contributed by atoms with E-state index in [4.69, 9.17) is 4.74 Å². The third-order valence-electron chi connectivity index (χ3n) is 2.31. The van der Waals surface area contributed by atoms with Gasteiger partial charge in [0.1, 0.15) is 11.8 Å². The molecule has 1 aromatic carbocycles. The second-order valence-corrected chi connectivity index (χ2v) is 4.55. The third-order valence-corrected chi connectivity index (χ3v) is 2.31. The Morgan fingerprint density at radius 2 is 1.74 bits per heavy atom. The van der Waals surface area contributed by atoms with Crippen molar-refractivity contribution in [1.82, 2.24) is 10.6 Å². The molecule has 0 fully saturated rings. The van der Waals surface area contributed by atoms with Gasteiger partial charge in [-0.25, -0.2) is 0 Å². The molecule has 0 aliphatic rings. The number of para-hydroxylation sites is 1. The van der Waals surface area contributed by atoms with Gasteiger partial charge in [-0.05, 0) is 32.9 Å². The van der Waals surface area contributed by atoms with E-state index in [0.717, 1.165) is 0 Å². The number of rotatable bonds is 6. The molecular formula is C14H20N2O3. The largest absolute Gasteiger partial charge is 0.484 e. The molecule has 1 unspecified atom stereocenters. The van der Waals surface area contributed by atoms with E-state index in [1.54, 1.807) is 19.1 Å². The van der Waals surface area contributed by atoms with Crippen LogP contribution in [0.1, 0.15) is 20.8 Å². The van der Waals surface area contributed by atoms with Crippen molar-refractivity contribution in [1.29, 1.82) is 0 Å². The fourth-order valence-electron chi connectivity index (χ4n) is 1.42. The Morgan fingerprint density at radius 1 is 1.11 bits per heavy atom. The van der Waals surface area contributed by atoms with Gasteiger partial charge in [-0.1, -0.05) is 18.2 Å². The summed E-state index contributed by atoms with van der Waals surface area (Å²) < 4.78 is 5.29. The molecule has 0 spiro atoms. The average molecular weight is 264 g/mol. The smallest absolute Gasteiger partial charge is 0.258 e. The average Bonchev–Trinajstić information content (AvgIpc) is 2.36. The Hall–Kier alpha value is -2.04. The zero-order valence-corrected chi connectivity index (χ0v) is 11.5. The van der Waals surface area contributed by atoms with Crippen LogP contribution in [0, 0.1) is 0 Å². The van der Waals surface area contributed by atoms with E-state index in [-0.39, 0.29) is 24.5 Å². The van der Waals surface area contributed by atoms with Crippen molar-refractivity contribution in [3.8, 4) is 5.75 Å². The Kier molecular flexibility index (Phi) is 5.85. The van der Waals surface area contributed by atoms with Crippen LogP contribution >= 0.6 is 0 Å². The zero-order valence-electron chi connectivity index (χ0n) is 11.5. The number of nitrogens with one attached hydrogen (secondary N) is 2. The fraction of sp³-hybridized carbons (Fsp3) is 0.429. The summed E-state index contributed by atoms with van der Waals surface area (Å²) >= 11 is 0. The zero-order chi connectivity index (χ0) is 14.3. The summed E-state index contributed by atoms with van der Waals surface area (Å²) in [5, 5.41) is 5.31. The van der Waals surface area contributed by atoms with Gasteiger partial charge in [-0.15, -0.1) is 0 Å². The topological polar surface area (TPSA) is 67.4 Å². The lowest BCUT2D eigenvalue weighted by atomic mass is 10.3. The minimum absolute atomic E-state index is 0.0485. The van der Waals surface area contributed by atoms with Gasteiger partial charge in [0.25, 0.3) is 5.91 Å². The van der Waals surface area contributed by atoms with Gasteiger partial charge >= 0.3 is 0 Å². The molecule has 1 aromatic rings. The number of amides is 2. The first-order valence-electron chi connectivity index (χ1n) is 6.26. The molecule has 0 aliphatic carbocycles. The molecule has 0 radical (unpaired) electrons. The maximum Gasteiger partial charge on any atom is 0.258 e. The van der Waals surface area contributed by atoms with Crippen LogP contribution in [0.5, 0.6) is 5.75 Å². The number of ether oxygens (including phenoxy) is 1. The molecule has 5 heteroatoms. The second-order valence-electron chi connectivity index (χ2n) is 4.55. The van der Waals surface area contributed by atoms with Crippen LogP contribution < -0.4 is 15.4 Å². The quantitative estimate of drug-likeness (QED) is 0.808. The summed E-state index contributed by atoms with van der Waals surface area (Å²) in [6.45, 7) is 5.26. The van der Waals surface area contributed by atoms with Crippen molar-refractivity contribution in [2.45, 2.75) is 32.9 Å². The number of carbonyl (C=O) groups excluding carboxylic acids is 2. The highest BCUT2D eigenvalue weighted by Gasteiger charge is 2.16. The van der Waals surface area contributed by atoms with Crippen molar-refractivity contribution >= 4 is 11.8 Å². The van der Waals surface area contributed by atoms with Crippen molar-refractivity contribution in [3.05, 3.63) is 30.3 Å². The molecule has 104 valence electrons. The minimum atomic E-state index is -0.575. The highest BCUT2D eigenvalue weighted by atomic mass is 16.5. The lowest BCUT2D eigenvalue weighted by molar-refractivity contribution is -0.129. The van der Waals surface area contributed by atoms with Crippen molar-refractivity contribution in [2.75, 3.05) is 6.61 Å². The van der Waals surface area contributed by atoms with Gasteiger partial charge in [-0.3, -0.25) is 9.59 Å². The lowest BCUT2D eigenvalue weighted by Crippen LogP contribution is -2.47. The molecule has 2 N–H and O–H groups in total. The highest BCUT2D eigenvalue weighted by molar-refractivity contribution is 5.87. The molecular weight excluding hydrogens is 244 g/mol. The Bertz CT molecular complexity index is 418. The maximum atomic E-state index is 11.6. The van der Waals surface area contributed by atoms with Crippen molar-refractivity contribution in [2.24, 2.45) is 0 Å². The monoisotopic (exact) mass is 264 g/mol. The van der Waals surface area contributed by atoms with Crippen LogP contribution in [-0.2, 0) is 9.59 Å². The van der Waals surface area contributed by atoms with Crippen LogP contribution in [0.2, 0.25) is 0 Å². The van der Waals surface area contributed by atoms with Crippen LogP contribution in [0.3, 0.4) is 0 Å². The molecule has 0 saturated heterocycles. The molecule has 1 rings (SSSR count). The van der Waals surface area contributed by atoms with Gasteiger partial charge in [0.15, 0.2) is 6.61 Å². The van der Waals surface area contributed by atoms with Crippen molar-refractivity contribution in [3.63, 3.8) is 0 Å². The van der Waals surface area contributed by atoms with E-state index < -0.39 is 6.04 Å². The SMILES string of the molecule is CC(C)NC(=O)C(C)NC(=O)COc1ccccc1. The van der Waals surface area contributed by atoms with E-state index in [2.05, 4.69) is 10.6 Å². The van der Waals surface area contributed by atoms with E-state index in [9.17, 15) is 9.59 Å². The molecule has 5 nitrogen and oxygen atoms in total. The molecule has 0 aromatic heterocycles. The van der Waals surface area contributed by atoms with Crippen molar-refractivity contribution < 1.29 is 14.3 Å². The lowest BCUT2D eigenvalue weighted by Gasteiger charge is -2.16. The molecule has 0 heterocycles. The summed E-state index contributed by atoms with van der Waals surface area (Å²) in [5.74, 6) is 0.0928. The van der Waals surface area contributed by atoms with Crippen LogP contribution in [0.4, 0.5) is 0 Å². The Labute approximate surface area is 113 Å².